The second-order valence-corrected chi connectivity index (χ2v) is 7.37. The van der Waals surface area contributed by atoms with Crippen molar-refractivity contribution in [3.63, 3.8) is 0 Å². The monoisotopic (exact) mass is 300 g/mol. The highest BCUT2D eigenvalue weighted by atomic mass is 16.5. The first-order valence-corrected chi connectivity index (χ1v) is 7.98. The van der Waals surface area contributed by atoms with Gasteiger partial charge in [0.25, 0.3) is 0 Å². The molecule has 0 aliphatic rings. The third-order valence-corrected chi connectivity index (χ3v) is 3.45. The Morgan fingerprint density at radius 3 is 1.76 bits per heavy atom. The van der Waals surface area contributed by atoms with Crippen molar-refractivity contribution in [1.82, 2.24) is 0 Å². The van der Waals surface area contributed by atoms with Gasteiger partial charge in [0.2, 0.25) is 0 Å². The minimum Gasteiger partial charge on any atom is -0.481 e. The van der Waals surface area contributed by atoms with E-state index >= 15 is 0 Å². The third kappa shape index (κ3) is 8.08. The summed E-state index contributed by atoms with van der Waals surface area (Å²) in [7, 11) is 0. The quantitative estimate of drug-likeness (QED) is 0.616. The van der Waals surface area contributed by atoms with Crippen LogP contribution in [0.1, 0.15) is 67.2 Å². The van der Waals surface area contributed by atoms with Crippen molar-refractivity contribution in [2.45, 2.75) is 67.2 Å². The fourth-order valence-corrected chi connectivity index (χ4v) is 2.86. The maximum absolute atomic E-state index is 12.6. The topological polar surface area (TPSA) is 63.6 Å². The van der Waals surface area contributed by atoms with E-state index in [1.807, 2.05) is 27.7 Å². The van der Waals surface area contributed by atoms with E-state index < -0.39 is 11.4 Å². The first-order valence-electron chi connectivity index (χ1n) is 7.98. The van der Waals surface area contributed by atoms with Gasteiger partial charge in [0, 0.05) is 0 Å². The zero-order chi connectivity index (χ0) is 16.6. The van der Waals surface area contributed by atoms with Crippen LogP contribution < -0.4 is 0 Å². The molecule has 0 atom stereocenters. The molecule has 0 spiro atoms. The molecule has 0 aromatic carbocycles. The largest absolute Gasteiger partial charge is 0.481 e. The molecule has 4 heteroatoms. The summed E-state index contributed by atoms with van der Waals surface area (Å²) in [5, 5.41) is 9.23. The van der Waals surface area contributed by atoms with Gasteiger partial charge in [0.1, 0.15) is 0 Å². The Kier molecular flexibility index (Phi) is 8.60. The molecule has 0 aliphatic heterocycles. The van der Waals surface area contributed by atoms with Crippen LogP contribution in [0.2, 0.25) is 0 Å². The number of carboxylic acids is 1. The summed E-state index contributed by atoms with van der Waals surface area (Å²) < 4.78 is 5.42. The van der Waals surface area contributed by atoms with Gasteiger partial charge >= 0.3 is 11.9 Å². The van der Waals surface area contributed by atoms with Gasteiger partial charge in [-0.2, -0.15) is 0 Å². The van der Waals surface area contributed by atoms with Gasteiger partial charge in [-0.15, -0.1) is 0 Å². The van der Waals surface area contributed by atoms with Crippen molar-refractivity contribution in [2.24, 2.45) is 23.2 Å². The van der Waals surface area contributed by atoms with E-state index in [-0.39, 0.29) is 24.2 Å². The number of esters is 1. The molecular formula is C17H32O4. The summed E-state index contributed by atoms with van der Waals surface area (Å²) in [5.41, 5.74) is -0.898. The Hall–Kier alpha value is -1.06. The molecular weight excluding hydrogens is 268 g/mol. The van der Waals surface area contributed by atoms with Crippen molar-refractivity contribution >= 4 is 11.9 Å². The van der Waals surface area contributed by atoms with Crippen molar-refractivity contribution in [3.05, 3.63) is 0 Å². The van der Waals surface area contributed by atoms with Crippen LogP contribution in [0.15, 0.2) is 0 Å². The molecule has 0 aromatic rings. The van der Waals surface area contributed by atoms with E-state index in [0.717, 1.165) is 6.42 Å². The van der Waals surface area contributed by atoms with E-state index in [2.05, 4.69) is 13.8 Å². The Morgan fingerprint density at radius 2 is 1.43 bits per heavy atom. The molecule has 4 nitrogen and oxygen atoms in total. The maximum atomic E-state index is 12.6. The third-order valence-electron chi connectivity index (χ3n) is 3.45. The number of ether oxygens (including phenoxy) is 1. The lowest BCUT2D eigenvalue weighted by atomic mass is 9.72. The molecule has 0 rings (SSSR count). The number of carbonyl (C=O) groups excluding carboxylic acids is 1. The second-order valence-electron chi connectivity index (χ2n) is 7.37. The van der Waals surface area contributed by atoms with Gasteiger partial charge in [0.15, 0.2) is 0 Å². The SMILES string of the molecule is CC(C)CCOC(=O)C(CC(=O)O)(CC(C)C)CC(C)C. The fraction of sp³-hybridized carbons (Fsp3) is 0.882. The van der Waals surface area contributed by atoms with E-state index in [1.54, 1.807) is 0 Å². The number of hydrogen-bond donors (Lipinski definition) is 1. The smallest absolute Gasteiger partial charge is 0.312 e. The van der Waals surface area contributed by atoms with E-state index in [0.29, 0.717) is 25.4 Å². The number of carbonyl (C=O) groups is 2. The highest BCUT2D eigenvalue weighted by Gasteiger charge is 2.42. The summed E-state index contributed by atoms with van der Waals surface area (Å²) in [5.74, 6) is -0.312. The van der Waals surface area contributed by atoms with Crippen LogP contribution in [0.25, 0.3) is 0 Å². The normalized spacial score (nSPS) is 12.2. The molecule has 0 unspecified atom stereocenters. The highest BCUT2D eigenvalue weighted by Crippen LogP contribution is 2.38. The summed E-state index contributed by atoms with van der Waals surface area (Å²) in [6, 6.07) is 0. The Labute approximate surface area is 129 Å². The predicted molar refractivity (Wildman–Crippen MR) is 84.0 cm³/mol. The van der Waals surface area contributed by atoms with Gasteiger partial charge in [-0.1, -0.05) is 41.5 Å². The van der Waals surface area contributed by atoms with Gasteiger partial charge in [-0.25, -0.2) is 0 Å². The Balaban J connectivity index is 5.11. The molecule has 0 radical (unpaired) electrons. The Bertz CT molecular complexity index is 322. The van der Waals surface area contributed by atoms with Gasteiger partial charge in [-0.05, 0) is 37.0 Å². The molecule has 0 bridgehead atoms. The molecule has 0 aliphatic carbocycles. The molecule has 21 heavy (non-hydrogen) atoms. The summed E-state index contributed by atoms with van der Waals surface area (Å²) in [4.78, 5) is 23.8. The first kappa shape index (κ1) is 19.9. The van der Waals surface area contributed by atoms with Gasteiger partial charge < -0.3 is 9.84 Å². The summed E-state index contributed by atoms with van der Waals surface area (Å²) in [6.45, 7) is 12.6. The molecule has 0 heterocycles. The van der Waals surface area contributed by atoms with Crippen LogP contribution in [-0.2, 0) is 14.3 Å². The fourth-order valence-electron chi connectivity index (χ4n) is 2.86. The molecule has 0 saturated carbocycles. The van der Waals surface area contributed by atoms with Gasteiger partial charge in [0.05, 0.1) is 18.4 Å². The van der Waals surface area contributed by atoms with Crippen LogP contribution in [0.3, 0.4) is 0 Å². The first-order chi connectivity index (χ1) is 9.59. The lowest BCUT2D eigenvalue weighted by molar-refractivity contribution is -0.164. The minimum atomic E-state index is -0.933. The van der Waals surface area contributed by atoms with E-state index in [1.165, 1.54) is 0 Å². The molecule has 0 fully saturated rings. The van der Waals surface area contributed by atoms with Crippen molar-refractivity contribution in [2.75, 3.05) is 6.61 Å². The molecule has 0 saturated heterocycles. The molecule has 0 amide bonds. The minimum absolute atomic E-state index is 0.149. The molecule has 124 valence electrons. The highest BCUT2D eigenvalue weighted by molar-refractivity contribution is 5.82. The van der Waals surface area contributed by atoms with Crippen LogP contribution in [0.5, 0.6) is 0 Å². The summed E-state index contributed by atoms with van der Waals surface area (Å²) >= 11 is 0. The second kappa shape index (κ2) is 9.06. The van der Waals surface area contributed by atoms with Crippen LogP contribution in [-0.4, -0.2) is 23.7 Å². The summed E-state index contributed by atoms with van der Waals surface area (Å²) in [6.07, 6.45) is 1.76. The van der Waals surface area contributed by atoms with Gasteiger partial charge in [-0.3, -0.25) is 9.59 Å². The number of hydrogen-bond acceptors (Lipinski definition) is 3. The van der Waals surface area contributed by atoms with E-state index in [4.69, 9.17) is 4.74 Å². The van der Waals surface area contributed by atoms with E-state index in [9.17, 15) is 14.7 Å². The average molecular weight is 300 g/mol. The standard InChI is InChI=1S/C17H32O4/c1-12(2)7-8-21-16(20)17(9-13(3)4,10-14(5)6)11-15(18)19/h12-14H,7-11H2,1-6H3,(H,18,19). The van der Waals surface area contributed by atoms with Crippen LogP contribution >= 0.6 is 0 Å². The number of carboxylic acid groups (broad SMARTS) is 1. The van der Waals surface area contributed by atoms with Crippen molar-refractivity contribution < 1.29 is 19.4 Å². The van der Waals surface area contributed by atoms with Crippen molar-refractivity contribution in [3.8, 4) is 0 Å². The van der Waals surface area contributed by atoms with Crippen LogP contribution in [0.4, 0.5) is 0 Å². The number of aliphatic carboxylic acids is 1. The van der Waals surface area contributed by atoms with Crippen molar-refractivity contribution in [1.29, 1.82) is 0 Å². The zero-order valence-electron chi connectivity index (χ0n) is 14.4. The molecule has 0 aromatic heterocycles. The lowest BCUT2D eigenvalue weighted by Crippen LogP contribution is -2.38. The molecule has 1 N–H and O–H groups in total. The number of rotatable bonds is 10. The van der Waals surface area contributed by atoms with Crippen LogP contribution in [0, 0.1) is 23.2 Å². The lowest BCUT2D eigenvalue weighted by Gasteiger charge is -2.33. The maximum Gasteiger partial charge on any atom is 0.312 e. The average Bonchev–Trinajstić information content (AvgIpc) is 2.24. The Morgan fingerprint density at radius 1 is 0.952 bits per heavy atom. The zero-order valence-corrected chi connectivity index (χ0v) is 14.4. The predicted octanol–water partition coefficient (Wildman–Crippen LogP) is 4.13.